The highest BCUT2D eigenvalue weighted by Crippen LogP contribution is 2.22. The standard InChI is InChI=1S/C12H20N2O3/c15-8-2-4-11(16)14-7-1-3-10(14)12(17)13-9-5-6-9/h9-10,15H,1-8H2,(H,13,17). The molecule has 2 rings (SSSR count). The van der Waals surface area contributed by atoms with E-state index in [9.17, 15) is 9.59 Å². The molecule has 1 saturated heterocycles. The van der Waals surface area contributed by atoms with E-state index in [2.05, 4.69) is 5.32 Å². The van der Waals surface area contributed by atoms with Crippen molar-refractivity contribution < 1.29 is 14.7 Å². The summed E-state index contributed by atoms with van der Waals surface area (Å²) in [5.74, 6) is -0.00477. The Morgan fingerprint density at radius 2 is 2.06 bits per heavy atom. The third-order valence-corrected chi connectivity index (χ3v) is 3.35. The average molecular weight is 240 g/mol. The zero-order valence-corrected chi connectivity index (χ0v) is 10.0. The van der Waals surface area contributed by atoms with Gasteiger partial charge in [-0.25, -0.2) is 0 Å². The van der Waals surface area contributed by atoms with Crippen LogP contribution in [0.15, 0.2) is 0 Å². The fraction of sp³-hybridized carbons (Fsp3) is 0.833. The molecule has 1 atom stereocenters. The van der Waals surface area contributed by atoms with Crippen LogP contribution in [0, 0.1) is 0 Å². The van der Waals surface area contributed by atoms with Crippen LogP contribution in [0.2, 0.25) is 0 Å². The number of nitrogens with zero attached hydrogens (tertiary/aromatic N) is 1. The van der Waals surface area contributed by atoms with Crippen molar-refractivity contribution in [2.24, 2.45) is 0 Å². The second-order valence-electron chi connectivity index (χ2n) is 4.86. The molecule has 5 heteroatoms. The number of carbonyl (C=O) groups excluding carboxylic acids is 2. The molecule has 2 aliphatic rings. The zero-order chi connectivity index (χ0) is 12.3. The Morgan fingerprint density at radius 3 is 2.71 bits per heavy atom. The van der Waals surface area contributed by atoms with Gasteiger partial charge >= 0.3 is 0 Å². The molecule has 17 heavy (non-hydrogen) atoms. The number of likely N-dealkylation sites (tertiary alicyclic amines) is 1. The Bertz CT molecular complexity index is 302. The number of rotatable bonds is 5. The third kappa shape index (κ3) is 3.19. The van der Waals surface area contributed by atoms with Gasteiger partial charge < -0.3 is 15.3 Å². The molecule has 96 valence electrons. The van der Waals surface area contributed by atoms with Crippen LogP contribution in [0.4, 0.5) is 0 Å². The quantitative estimate of drug-likeness (QED) is 0.712. The number of amides is 2. The van der Waals surface area contributed by atoms with Gasteiger partial charge in [0.05, 0.1) is 0 Å². The molecule has 0 radical (unpaired) electrons. The highest BCUT2D eigenvalue weighted by atomic mass is 16.3. The summed E-state index contributed by atoms with van der Waals surface area (Å²) < 4.78 is 0. The average Bonchev–Trinajstić information content (AvgIpc) is 2.98. The second kappa shape index (κ2) is 5.49. The summed E-state index contributed by atoms with van der Waals surface area (Å²) in [7, 11) is 0. The molecule has 0 spiro atoms. The van der Waals surface area contributed by atoms with Crippen LogP contribution in [0.1, 0.15) is 38.5 Å². The van der Waals surface area contributed by atoms with Gasteiger partial charge in [0.2, 0.25) is 11.8 Å². The Morgan fingerprint density at radius 1 is 1.29 bits per heavy atom. The Labute approximate surface area is 101 Å². The van der Waals surface area contributed by atoms with E-state index in [1.165, 1.54) is 0 Å². The van der Waals surface area contributed by atoms with Crippen LogP contribution in [-0.2, 0) is 9.59 Å². The molecule has 0 aromatic carbocycles. The molecule has 1 unspecified atom stereocenters. The van der Waals surface area contributed by atoms with Gasteiger partial charge in [0.15, 0.2) is 0 Å². The highest BCUT2D eigenvalue weighted by molar-refractivity contribution is 5.88. The minimum absolute atomic E-state index is 0.00217. The van der Waals surface area contributed by atoms with Gasteiger partial charge in [-0.15, -0.1) is 0 Å². The van der Waals surface area contributed by atoms with Gasteiger partial charge in [0.1, 0.15) is 6.04 Å². The Balaban J connectivity index is 1.86. The van der Waals surface area contributed by atoms with E-state index in [1.54, 1.807) is 4.90 Å². The molecule has 2 fully saturated rings. The van der Waals surface area contributed by atoms with E-state index in [0.717, 1.165) is 25.7 Å². The predicted octanol–water partition coefficient (Wildman–Crippen LogP) is 0.0285. The molecule has 1 aliphatic heterocycles. The van der Waals surface area contributed by atoms with Gasteiger partial charge in [0, 0.05) is 25.6 Å². The molecule has 0 aromatic heterocycles. The molecule has 2 N–H and O–H groups in total. The van der Waals surface area contributed by atoms with Crippen molar-refractivity contribution in [2.75, 3.05) is 13.2 Å². The first-order valence-corrected chi connectivity index (χ1v) is 6.43. The lowest BCUT2D eigenvalue weighted by Crippen LogP contribution is -2.46. The van der Waals surface area contributed by atoms with E-state index in [1.807, 2.05) is 0 Å². The fourth-order valence-corrected chi connectivity index (χ4v) is 2.24. The molecule has 1 heterocycles. The molecule has 1 aliphatic carbocycles. The van der Waals surface area contributed by atoms with Crippen molar-refractivity contribution in [3.63, 3.8) is 0 Å². The van der Waals surface area contributed by atoms with E-state index < -0.39 is 0 Å². The van der Waals surface area contributed by atoms with Crippen LogP contribution < -0.4 is 5.32 Å². The topological polar surface area (TPSA) is 69.6 Å². The summed E-state index contributed by atoms with van der Waals surface area (Å²) in [5.41, 5.74) is 0. The zero-order valence-electron chi connectivity index (χ0n) is 10.0. The van der Waals surface area contributed by atoms with Gasteiger partial charge in [0.25, 0.3) is 0 Å². The fourth-order valence-electron chi connectivity index (χ4n) is 2.24. The molecule has 2 amide bonds. The van der Waals surface area contributed by atoms with Crippen molar-refractivity contribution in [1.82, 2.24) is 10.2 Å². The van der Waals surface area contributed by atoms with Crippen molar-refractivity contribution in [3.05, 3.63) is 0 Å². The number of nitrogens with one attached hydrogen (secondary N) is 1. The minimum atomic E-state index is -0.276. The van der Waals surface area contributed by atoms with E-state index >= 15 is 0 Å². The van der Waals surface area contributed by atoms with Gasteiger partial charge in [-0.1, -0.05) is 0 Å². The second-order valence-corrected chi connectivity index (χ2v) is 4.86. The summed E-state index contributed by atoms with van der Waals surface area (Å²) >= 11 is 0. The van der Waals surface area contributed by atoms with Gasteiger partial charge in [-0.05, 0) is 32.1 Å². The molecule has 5 nitrogen and oxygen atoms in total. The summed E-state index contributed by atoms with van der Waals surface area (Å²) in [6.45, 7) is 0.700. The smallest absolute Gasteiger partial charge is 0.243 e. The summed E-state index contributed by atoms with van der Waals surface area (Å²) in [6, 6.07) is 0.0688. The van der Waals surface area contributed by atoms with E-state index in [0.29, 0.717) is 25.4 Å². The Hall–Kier alpha value is -1.10. The third-order valence-electron chi connectivity index (χ3n) is 3.35. The number of hydrogen-bond acceptors (Lipinski definition) is 3. The largest absolute Gasteiger partial charge is 0.396 e. The van der Waals surface area contributed by atoms with Crippen LogP contribution in [0.25, 0.3) is 0 Å². The summed E-state index contributed by atoms with van der Waals surface area (Å²) in [4.78, 5) is 25.5. The Kier molecular flexibility index (Phi) is 3.99. The lowest BCUT2D eigenvalue weighted by molar-refractivity contribution is -0.138. The van der Waals surface area contributed by atoms with Crippen LogP contribution in [0.3, 0.4) is 0 Å². The van der Waals surface area contributed by atoms with E-state index in [4.69, 9.17) is 5.11 Å². The van der Waals surface area contributed by atoms with E-state index in [-0.39, 0.29) is 24.5 Å². The maximum absolute atomic E-state index is 11.9. The first-order valence-electron chi connectivity index (χ1n) is 6.43. The monoisotopic (exact) mass is 240 g/mol. The predicted molar refractivity (Wildman–Crippen MR) is 62.2 cm³/mol. The normalized spacial score (nSPS) is 23.8. The lowest BCUT2D eigenvalue weighted by atomic mass is 10.2. The number of carbonyl (C=O) groups is 2. The van der Waals surface area contributed by atoms with Crippen molar-refractivity contribution in [2.45, 2.75) is 50.6 Å². The lowest BCUT2D eigenvalue weighted by Gasteiger charge is -2.23. The van der Waals surface area contributed by atoms with Crippen molar-refractivity contribution in [1.29, 1.82) is 0 Å². The molecule has 0 bridgehead atoms. The first-order chi connectivity index (χ1) is 8.22. The minimum Gasteiger partial charge on any atom is -0.396 e. The van der Waals surface area contributed by atoms with Crippen LogP contribution in [0.5, 0.6) is 0 Å². The van der Waals surface area contributed by atoms with Crippen LogP contribution in [-0.4, -0.2) is 47.1 Å². The highest BCUT2D eigenvalue weighted by Gasteiger charge is 2.35. The molecule has 1 saturated carbocycles. The van der Waals surface area contributed by atoms with Crippen molar-refractivity contribution >= 4 is 11.8 Å². The first kappa shape index (κ1) is 12.4. The molecular weight excluding hydrogens is 220 g/mol. The number of aliphatic hydroxyl groups is 1. The van der Waals surface area contributed by atoms with Crippen molar-refractivity contribution in [3.8, 4) is 0 Å². The molecular formula is C12H20N2O3. The maximum Gasteiger partial charge on any atom is 0.243 e. The number of aliphatic hydroxyl groups excluding tert-OH is 1. The van der Waals surface area contributed by atoms with Gasteiger partial charge in [-0.3, -0.25) is 9.59 Å². The number of hydrogen-bond donors (Lipinski definition) is 2. The maximum atomic E-state index is 11.9. The van der Waals surface area contributed by atoms with Gasteiger partial charge in [-0.2, -0.15) is 0 Å². The molecule has 0 aromatic rings. The SMILES string of the molecule is O=C(NC1CC1)C1CCCN1C(=O)CCCO. The summed E-state index contributed by atoms with van der Waals surface area (Å²) in [6.07, 6.45) is 4.61. The van der Waals surface area contributed by atoms with Crippen LogP contribution >= 0.6 is 0 Å². The summed E-state index contributed by atoms with van der Waals surface area (Å²) in [5, 5.41) is 11.7.